The molecule has 0 radical (unpaired) electrons. The van der Waals surface area contributed by atoms with Crippen LogP contribution >= 0.6 is 0 Å². The fourth-order valence-electron chi connectivity index (χ4n) is 2.78. The molecule has 0 unspecified atom stereocenters. The topological polar surface area (TPSA) is 77.1 Å². The Morgan fingerprint density at radius 2 is 1.84 bits per heavy atom. The van der Waals surface area contributed by atoms with E-state index in [0.717, 1.165) is 24.1 Å². The van der Waals surface area contributed by atoms with Gasteiger partial charge in [-0.15, -0.1) is 0 Å². The summed E-state index contributed by atoms with van der Waals surface area (Å²) in [5.41, 5.74) is 2.25. The van der Waals surface area contributed by atoms with Gasteiger partial charge in [-0.3, -0.25) is 10.2 Å². The smallest absolute Gasteiger partial charge is 0.419 e. The number of carbonyl (C=O) groups excluding carboxylic acids is 2. The average Bonchev–Trinajstić information content (AvgIpc) is 2.70. The molecule has 7 heteroatoms. The summed E-state index contributed by atoms with van der Waals surface area (Å²) in [7, 11) is 0. The molecule has 0 saturated heterocycles. The Bertz CT molecular complexity index is 853. The molecule has 2 aromatic rings. The third-order valence-corrected chi connectivity index (χ3v) is 4.26. The number of benzene rings is 2. The molecule has 7 nitrogen and oxygen atoms in total. The lowest BCUT2D eigenvalue weighted by Crippen LogP contribution is -2.36. The highest BCUT2D eigenvalue weighted by Crippen LogP contribution is 2.21. The van der Waals surface area contributed by atoms with Crippen molar-refractivity contribution in [3.63, 3.8) is 0 Å². The fourth-order valence-corrected chi connectivity index (χ4v) is 2.78. The van der Waals surface area contributed by atoms with Crippen LogP contribution in [0.25, 0.3) is 0 Å². The number of rotatable bonds is 10. The minimum absolute atomic E-state index is 0.233. The van der Waals surface area contributed by atoms with Crippen molar-refractivity contribution >= 4 is 23.6 Å². The fraction of sp³-hybridized carbons (Fsp3) is 0.417. The van der Waals surface area contributed by atoms with Crippen molar-refractivity contribution < 1.29 is 23.8 Å². The Morgan fingerprint density at radius 3 is 2.55 bits per heavy atom. The van der Waals surface area contributed by atoms with E-state index in [1.165, 1.54) is 0 Å². The number of ether oxygens (including phenoxy) is 3. The number of hydrogen-bond donors (Lipinski definition) is 1. The van der Waals surface area contributed by atoms with Crippen LogP contribution in [0.1, 0.15) is 39.2 Å². The van der Waals surface area contributed by atoms with Gasteiger partial charge in [0.1, 0.15) is 5.75 Å². The van der Waals surface area contributed by atoms with E-state index in [0.29, 0.717) is 31.2 Å². The first kappa shape index (κ1) is 24.2. The van der Waals surface area contributed by atoms with Crippen molar-refractivity contribution in [3.8, 4) is 5.75 Å². The second-order valence-electron chi connectivity index (χ2n) is 7.43. The molecule has 0 heterocycles. The summed E-state index contributed by atoms with van der Waals surface area (Å²) in [5.74, 6) is 0.317. The first-order valence-electron chi connectivity index (χ1n) is 10.6. The Hall–Kier alpha value is -3.06. The van der Waals surface area contributed by atoms with Gasteiger partial charge >= 0.3 is 12.2 Å². The Balaban J connectivity index is 2.08. The Kier molecular flexibility index (Phi) is 9.84. The number of nitrogens with one attached hydrogen (secondary N) is 1. The van der Waals surface area contributed by atoms with Gasteiger partial charge in [0.05, 0.1) is 19.3 Å². The Labute approximate surface area is 184 Å². The maximum atomic E-state index is 13.0. The highest BCUT2D eigenvalue weighted by Gasteiger charge is 2.19. The largest absolute Gasteiger partial charge is 0.447 e. The quantitative estimate of drug-likeness (QED) is 0.486. The van der Waals surface area contributed by atoms with Crippen molar-refractivity contribution in [2.45, 2.75) is 46.6 Å². The van der Waals surface area contributed by atoms with Crippen molar-refractivity contribution in [1.82, 2.24) is 0 Å². The van der Waals surface area contributed by atoms with Gasteiger partial charge in [-0.25, -0.2) is 9.59 Å². The number of carbonyl (C=O) groups is 2. The number of hydrogen-bond acceptors (Lipinski definition) is 5. The number of aryl methyl sites for hydroxylation is 1. The molecule has 0 aromatic heterocycles. The van der Waals surface area contributed by atoms with Crippen LogP contribution in [0.5, 0.6) is 5.75 Å². The molecule has 0 aliphatic carbocycles. The third-order valence-electron chi connectivity index (χ3n) is 4.26. The highest BCUT2D eigenvalue weighted by molar-refractivity contribution is 5.90. The van der Waals surface area contributed by atoms with Crippen LogP contribution in [0.15, 0.2) is 48.5 Å². The highest BCUT2D eigenvalue weighted by atomic mass is 16.6. The molecular formula is C24H32N2O5. The van der Waals surface area contributed by atoms with E-state index >= 15 is 0 Å². The molecule has 168 valence electrons. The van der Waals surface area contributed by atoms with Gasteiger partial charge in [0, 0.05) is 24.0 Å². The SMILES string of the molecule is CCCCOCCN(C(=O)Oc1cccc(NC(=O)OC(C)C)c1)c1cccc(C)c1. The monoisotopic (exact) mass is 428 g/mol. The van der Waals surface area contributed by atoms with Gasteiger partial charge in [0.2, 0.25) is 0 Å². The zero-order valence-corrected chi connectivity index (χ0v) is 18.7. The summed E-state index contributed by atoms with van der Waals surface area (Å²) in [6, 6.07) is 14.3. The maximum absolute atomic E-state index is 13.0. The summed E-state index contributed by atoms with van der Waals surface area (Å²) >= 11 is 0. The first-order valence-corrected chi connectivity index (χ1v) is 10.6. The molecule has 31 heavy (non-hydrogen) atoms. The molecule has 0 saturated carbocycles. The van der Waals surface area contributed by atoms with Crippen LogP contribution in [-0.2, 0) is 9.47 Å². The summed E-state index contributed by atoms with van der Waals surface area (Å²) in [6.07, 6.45) is 0.714. The van der Waals surface area contributed by atoms with Crippen molar-refractivity contribution in [3.05, 3.63) is 54.1 Å². The van der Waals surface area contributed by atoms with Crippen molar-refractivity contribution in [2.24, 2.45) is 0 Å². The van der Waals surface area contributed by atoms with Crippen LogP contribution in [-0.4, -0.2) is 38.0 Å². The van der Waals surface area contributed by atoms with Gasteiger partial charge in [-0.2, -0.15) is 0 Å². The normalized spacial score (nSPS) is 10.6. The van der Waals surface area contributed by atoms with Crippen molar-refractivity contribution in [1.29, 1.82) is 0 Å². The van der Waals surface area contributed by atoms with E-state index in [4.69, 9.17) is 14.2 Å². The third kappa shape index (κ3) is 8.68. The van der Waals surface area contributed by atoms with E-state index < -0.39 is 12.2 Å². The number of nitrogens with zero attached hydrogens (tertiary/aromatic N) is 1. The standard InChI is InChI=1S/C24H32N2O5/c1-5-6-14-29-15-13-26(21-11-7-9-19(4)16-21)24(28)31-22-12-8-10-20(17-22)25-23(27)30-18(2)3/h7-12,16-18H,5-6,13-15H2,1-4H3,(H,25,27). The van der Waals surface area contributed by atoms with Gasteiger partial charge < -0.3 is 14.2 Å². The Morgan fingerprint density at radius 1 is 1.06 bits per heavy atom. The number of anilines is 2. The van der Waals surface area contributed by atoms with Gasteiger partial charge in [0.15, 0.2) is 0 Å². The van der Waals surface area contributed by atoms with Crippen LogP contribution in [0.2, 0.25) is 0 Å². The predicted molar refractivity (Wildman–Crippen MR) is 122 cm³/mol. The van der Waals surface area contributed by atoms with Gasteiger partial charge in [-0.1, -0.05) is 31.5 Å². The molecule has 0 atom stereocenters. The van der Waals surface area contributed by atoms with Crippen LogP contribution < -0.4 is 15.0 Å². The summed E-state index contributed by atoms with van der Waals surface area (Å²) < 4.78 is 16.3. The lowest BCUT2D eigenvalue weighted by molar-refractivity contribution is 0.130. The predicted octanol–water partition coefficient (Wildman–Crippen LogP) is 5.77. The van der Waals surface area contributed by atoms with E-state index in [-0.39, 0.29) is 6.10 Å². The van der Waals surface area contributed by atoms with E-state index in [2.05, 4.69) is 12.2 Å². The van der Waals surface area contributed by atoms with E-state index in [1.54, 1.807) is 43.0 Å². The molecule has 0 spiro atoms. The molecule has 0 fully saturated rings. The van der Waals surface area contributed by atoms with E-state index in [9.17, 15) is 9.59 Å². The molecule has 0 aliphatic heterocycles. The molecule has 0 bridgehead atoms. The summed E-state index contributed by atoms with van der Waals surface area (Å²) in [5, 5.41) is 2.62. The average molecular weight is 429 g/mol. The molecule has 0 aliphatic rings. The van der Waals surface area contributed by atoms with Crippen LogP contribution in [0, 0.1) is 6.92 Å². The minimum atomic E-state index is -0.566. The lowest BCUT2D eigenvalue weighted by atomic mass is 10.2. The summed E-state index contributed by atoms with van der Waals surface area (Å²) in [4.78, 5) is 26.3. The molecule has 1 N–H and O–H groups in total. The second kappa shape index (κ2) is 12.6. The zero-order chi connectivity index (χ0) is 22.6. The van der Waals surface area contributed by atoms with Gasteiger partial charge in [-0.05, 0) is 57.0 Å². The number of amides is 2. The first-order chi connectivity index (χ1) is 14.9. The molecule has 2 amide bonds. The minimum Gasteiger partial charge on any atom is -0.447 e. The van der Waals surface area contributed by atoms with Crippen molar-refractivity contribution in [2.75, 3.05) is 30.0 Å². The molecule has 2 aromatic carbocycles. The maximum Gasteiger partial charge on any atom is 0.419 e. The lowest BCUT2D eigenvalue weighted by Gasteiger charge is -2.22. The van der Waals surface area contributed by atoms with E-state index in [1.807, 2.05) is 31.2 Å². The number of unbranched alkanes of at least 4 members (excludes halogenated alkanes) is 1. The summed E-state index contributed by atoms with van der Waals surface area (Å²) in [6.45, 7) is 9.04. The van der Waals surface area contributed by atoms with Crippen LogP contribution in [0.3, 0.4) is 0 Å². The second-order valence-corrected chi connectivity index (χ2v) is 7.43. The molecule has 2 rings (SSSR count). The van der Waals surface area contributed by atoms with Crippen LogP contribution in [0.4, 0.5) is 21.0 Å². The zero-order valence-electron chi connectivity index (χ0n) is 18.7. The molecular weight excluding hydrogens is 396 g/mol. The van der Waals surface area contributed by atoms with Gasteiger partial charge in [0.25, 0.3) is 0 Å².